The van der Waals surface area contributed by atoms with Crippen LogP contribution in [0.2, 0.25) is 0 Å². The number of carbonyl (C=O) groups is 1. The number of nitrogens with zero attached hydrogens (tertiary/aromatic N) is 2. The summed E-state index contributed by atoms with van der Waals surface area (Å²) >= 11 is 0. The molecule has 0 saturated heterocycles. The zero-order chi connectivity index (χ0) is 13.8. The summed E-state index contributed by atoms with van der Waals surface area (Å²) in [5, 5.41) is 8.80. The lowest BCUT2D eigenvalue weighted by Gasteiger charge is -2.26. The van der Waals surface area contributed by atoms with Gasteiger partial charge < -0.3 is 4.90 Å². The fourth-order valence-corrected chi connectivity index (χ4v) is 2.47. The van der Waals surface area contributed by atoms with Crippen LogP contribution in [0.1, 0.15) is 36.0 Å². The monoisotopic (exact) mass is 264 g/mol. The largest absolute Gasteiger partial charge is 0.322 e. The summed E-state index contributed by atoms with van der Waals surface area (Å²) in [5.74, 6) is -2.02. The van der Waals surface area contributed by atoms with Gasteiger partial charge in [0.2, 0.25) is 0 Å². The second kappa shape index (κ2) is 5.79. The van der Waals surface area contributed by atoms with E-state index >= 15 is 0 Å². The average Bonchev–Trinajstić information content (AvgIpc) is 2.92. The molecule has 19 heavy (non-hydrogen) atoms. The van der Waals surface area contributed by atoms with Gasteiger partial charge in [-0.25, -0.2) is 8.78 Å². The predicted octanol–water partition coefficient (Wildman–Crippen LogP) is 2.87. The first-order chi connectivity index (χ1) is 9.13. The van der Waals surface area contributed by atoms with Crippen LogP contribution in [0.4, 0.5) is 8.78 Å². The number of hydrogen-bond donors (Lipinski definition) is 0. The molecule has 1 amide bonds. The summed E-state index contributed by atoms with van der Waals surface area (Å²) in [5.41, 5.74) is -0.304. The molecule has 0 atom stereocenters. The van der Waals surface area contributed by atoms with Gasteiger partial charge in [-0.1, -0.05) is 12.8 Å². The zero-order valence-corrected chi connectivity index (χ0v) is 10.4. The fourth-order valence-electron chi connectivity index (χ4n) is 2.47. The van der Waals surface area contributed by atoms with Crippen molar-refractivity contribution in [3.63, 3.8) is 0 Å². The van der Waals surface area contributed by atoms with Crippen molar-refractivity contribution in [3.05, 3.63) is 35.4 Å². The van der Waals surface area contributed by atoms with Crippen LogP contribution in [0.15, 0.2) is 18.2 Å². The minimum absolute atomic E-state index is 0.0465. The number of halogens is 2. The molecule has 1 fully saturated rings. The predicted molar refractivity (Wildman–Crippen MR) is 65.3 cm³/mol. The Morgan fingerprint density at radius 2 is 2.05 bits per heavy atom. The summed E-state index contributed by atoms with van der Waals surface area (Å²) < 4.78 is 26.7. The van der Waals surface area contributed by atoms with E-state index in [1.807, 2.05) is 6.07 Å². The van der Waals surface area contributed by atoms with Crippen molar-refractivity contribution in [1.82, 2.24) is 4.90 Å². The van der Waals surface area contributed by atoms with Crippen LogP contribution in [0.25, 0.3) is 0 Å². The Morgan fingerprint density at radius 3 is 2.68 bits per heavy atom. The molecule has 1 aromatic rings. The summed E-state index contributed by atoms with van der Waals surface area (Å²) in [7, 11) is 0. The Morgan fingerprint density at radius 1 is 1.37 bits per heavy atom. The topological polar surface area (TPSA) is 44.1 Å². The van der Waals surface area contributed by atoms with Gasteiger partial charge >= 0.3 is 0 Å². The third-order valence-electron chi connectivity index (χ3n) is 3.43. The van der Waals surface area contributed by atoms with Gasteiger partial charge in [0.25, 0.3) is 5.91 Å². The normalized spacial score (nSPS) is 15.2. The molecule has 0 bridgehead atoms. The second-order valence-corrected chi connectivity index (χ2v) is 4.65. The van der Waals surface area contributed by atoms with E-state index in [4.69, 9.17) is 5.26 Å². The highest BCUT2D eigenvalue weighted by Crippen LogP contribution is 2.25. The van der Waals surface area contributed by atoms with E-state index in [9.17, 15) is 13.6 Å². The molecule has 0 heterocycles. The lowest BCUT2D eigenvalue weighted by atomic mass is 10.1. The molecule has 0 radical (unpaired) electrons. The van der Waals surface area contributed by atoms with Gasteiger partial charge in [-0.2, -0.15) is 5.26 Å². The molecule has 1 aromatic carbocycles. The molecule has 5 heteroatoms. The maximum Gasteiger partial charge on any atom is 0.258 e. The van der Waals surface area contributed by atoms with Crippen LogP contribution in [0, 0.1) is 23.0 Å². The lowest BCUT2D eigenvalue weighted by Crippen LogP contribution is -2.39. The molecule has 1 saturated carbocycles. The molecule has 100 valence electrons. The summed E-state index contributed by atoms with van der Waals surface area (Å²) in [6, 6.07) is 4.66. The Hall–Kier alpha value is -1.96. The van der Waals surface area contributed by atoms with Crippen LogP contribution in [0.3, 0.4) is 0 Å². The highest BCUT2D eigenvalue weighted by Gasteiger charge is 2.28. The third-order valence-corrected chi connectivity index (χ3v) is 3.43. The number of amides is 1. The smallest absolute Gasteiger partial charge is 0.258 e. The number of benzene rings is 1. The number of carbonyl (C=O) groups excluding carboxylic acids is 1. The lowest BCUT2D eigenvalue weighted by molar-refractivity contribution is 0.0704. The molecule has 0 aromatic heterocycles. The molecular formula is C14H14F2N2O. The van der Waals surface area contributed by atoms with Crippen molar-refractivity contribution in [2.24, 2.45) is 0 Å². The van der Waals surface area contributed by atoms with Crippen molar-refractivity contribution in [1.29, 1.82) is 5.26 Å². The minimum Gasteiger partial charge on any atom is -0.322 e. The summed E-state index contributed by atoms with van der Waals surface area (Å²) in [6.45, 7) is -0.0978. The van der Waals surface area contributed by atoms with Crippen LogP contribution < -0.4 is 0 Å². The van der Waals surface area contributed by atoms with Gasteiger partial charge in [-0.05, 0) is 31.0 Å². The van der Waals surface area contributed by atoms with Crippen molar-refractivity contribution < 1.29 is 13.6 Å². The molecular weight excluding hydrogens is 250 g/mol. The first-order valence-corrected chi connectivity index (χ1v) is 6.26. The van der Waals surface area contributed by atoms with Crippen LogP contribution in [-0.2, 0) is 0 Å². The Bertz CT molecular complexity index is 519. The first-order valence-electron chi connectivity index (χ1n) is 6.26. The van der Waals surface area contributed by atoms with Crippen molar-refractivity contribution >= 4 is 5.91 Å². The fraction of sp³-hybridized carbons (Fsp3) is 0.429. The van der Waals surface area contributed by atoms with E-state index in [2.05, 4.69) is 0 Å². The van der Waals surface area contributed by atoms with Gasteiger partial charge in [0.05, 0.1) is 11.6 Å². The number of nitriles is 1. The van der Waals surface area contributed by atoms with Gasteiger partial charge in [0.1, 0.15) is 18.2 Å². The van der Waals surface area contributed by atoms with E-state index in [1.165, 1.54) is 4.90 Å². The summed E-state index contributed by atoms with van der Waals surface area (Å²) in [4.78, 5) is 13.6. The average molecular weight is 264 g/mol. The van der Waals surface area contributed by atoms with Gasteiger partial charge in [-0.15, -0.1) is 0 Å². The van der Waals surface area contributed by atoms with Gasteiger partial charge in [-0.3, -0.25) is 4.79 Å². The molecule has 1 aliphatic rings. The van der Waals surface area contributed by atoms with Crippen molar-refractivity contribution in [3.8, 4) is 6.07 Å². The Kier molecular flexibility index (Phi) is 4.10. The van der Waals surface area contributed by atoms with E-state index in [0.717, 1.165) is 43.9 Å². The number of hydrogen-bond acceptors (Lipinski definition) is 2. The van der Waals surface area contributed by atoms with Crippen LogP contribution in [0.5, 0.6) is 0 Å². The van der Waals surface area contributed by atoms with E-state index in [-0.39, 0.29) is 18.2 Å². The molecule has 0 spiro atoms. The number of rotatable bonds is 3. The van der Waals surface area contributed by atoms with E-state index < -0.39 is 17.5 Å². The first kappa shape index (κ1) is 13.5. The highest BCUT2D eigenvalue weighted by atomic mass is 19.1. The van der Waals surface area contributed by atoms with Crippen LogP contribution >= 0.6 is 0 Å². The quantitative estimate of drug-likeness (QED) is 0.788. The molecule has 0 aliphatic heterocycles. The highest BCUT2D eigenvalue weighted by molar-refractivity contribution is 5.94. The Labute approximate surface area is 110 Å². The molecule has 3 nitrogen and oxygen atoms in total. The molecule has 0 N–H and O–H groups in total. The molecule has 0 unspecified atom stereocenters. The van der Waals surface area contributed by atoms with E-state index in [0.29, 0.717) is 0 Å². The maximum absolute atomic E-state index is 13.6. The maximum atomic E-state index is 13.6. The van der Waals surface area contributed by atoms with Gasteiger partial charge in [0.15, 0.2) is 0 Å². The standard InChI is InChI=1S/C14H14F2N2O/c15-10-5-6-13(16)12(9-10)14(19)18(8-7-17)11-3-1-2-4-11/h5-6,9,11H,1-4,8H2. The summed E-state index contributed by atoms with van der Waals surface area (Å²) in [6.07, 6.45) is 3.60. The SMILES string of the molecule is N#CCN(C(=O)c1cc(F)ccc1F)C1CCCC1. The van der Waals surface area contributed by atoms with E-state index in [1.54, 1.807) is 0 Å². The van der Waals surface area contributed by atoms with Crippen LogP contribution in [-0.4, -0.2) is 23.4 Å². The minimum atomic E-state index is -0.757. The van der Waals surface area contributed by atoms with Crippen molar-refractivity contribution in [2.75, 3.05) is 6.54 Å². The van der Waals surface area contributed by atoms with Crippen molar-refractivity contribution in [2.45, 2.75) is 31.7 Å². The molecule has 2 rings (SSSR count). The Balaban J connectivity index is 2.28. The second-order valence-electron chi connectivity index (χ2n) is 4.65. The zero-order valence-electron chi connectivity index (χ0n) is 10.4. The van der Waals surface area contributed by atoms with Gasteiger partial charge in [0, 0.05) is 6.04 Å². The molecule has 1 aliphatic carbocycles. The third kappa shape index (κ3) is 2.90.